The predicted molar refractivity (Wildman–Crippen MR) is 154 cm³/mol. The van der Waals surface area contributed by atoms with Gasteiger partial charge in [-0.3, -0.25) is 9.59 Å². The van der Waals surface area contributed by atoms with Gasteiger partial charge in [-0.25, -0.2) is 4.98 Å². The number of rotatable bonds is 11. The highest BCUT2D eigenvalue weighted by molar-refractivity contribution is 6.30. The van der Waals surface area contributed by atoms with Crippen LogP contribution in [0.5, 0.6) is 5.75 Å². The number of halogens is 1. The molecule has 202 valence electrons. The summed E-state index contributed by atoms with van der Waals surface area (Å²) in [6.45, 7) is 1.58. The lowest BCUT2D eigenvalue weighted by Gasteiger charge is -2.29. The Morgan fingerprint density at radius 2 is 1.74 bits per heavy atom. The van der Waals surface area contributed by atoms with Gasteiger partial charge in [0.1, 0.15) is 18.1 Å². The largest absolute Gasteiger partial charge is 0.484 e. The van der Waals surface area contributed by atoms with E-state index in [0.29, 0.717) is 17.3 Å². The summed E-state index contributed by atoms with van der Waals surface area (Å²) in [7, 11) is 0. The summed E-state index contributed by atoms with van der Waals surface area (Å²) in [5.74, 6) is 1.48. The van der Waals surface area contributed by atoms with Crippen LogP contribution < -0.4 is 15.0 Å². The molecule has 39 heavy (non-hydrogen) atoms. The topological polar surface area (TPSA) is 76.5 Å². The molecule has 0 saturated heterocycles. The number of aryl methyl sites for hydroxylation is 2. The molecule has 2 amide bonds. The molecule has 0 unspecified atom stereocenters. The Bertz CT molecular complexity index is 1430. The van der Waals surface area contributed by atoms with Gasteiger partial charge in [-0.05, 0) is 73.7 Å². The van der Waals surface area contributed by atoms with Crippen molar-refractivity contribution in [2.45, 2.75) is 45.1 Å². The van der Waals surface area contributed by atoms with Crippen LogP contribution in [0.15, 0.2) is 72.8 Å². The van der Waals surface area contributed by atoms with Crippen molar-refractivity contribution in [3.8, 4) is 5.75 Å². The van der Waals surface area contributed by atoms with Gasteiger partial charge < -0.3 is 19.5 Å². The summed E-state index contributed by atoms with van der Waals surface area (Å²) < 4.78 is 7.56. The fourth-order valence-electron chi connectivity index (χ4n) is 5.05. The monoisotopic (exact) mass is 544 g/mol. The minimum atomic E-state index is -0.149. The number of para-hydroxylation sites is 3. The lowest BCUT2D eigenvalue weighted by molar-refractivity contribution is -0.123. The average Bonchev–Trinajstić information content (AvgIpc) is 3.31. The summed E-state index contributed by atoms with van der Waals surface area (Å²) in [5, 5.41) is 3.53. The van der Waals surface area contributed by atoms with Crippen LogP contribution in [0, 0.1) is 0 Å². The zero-order valence-electron chi connectivity index (χ0n) is 21.9. The average molecular weight is 545 g/mol. The highest BCUT2D eigenvalue weighted by atomic mass is 35.5. The van der Waals surface area contributed by atoms with Crippen LogP contribution >= 0.6 is 11.6 Å². The van der Waals surface area contributed by atoms with Gasteiger partial charge in [-0.2, -0.15) is 0 Å². The van der Waals surface area contributed by atoms with Gasteiger partial charge in [-0.1, -0.05) is 48.4 Å². The first-order chi connectivity index (χ1) is 19.1. The molecule has 1 aliphatic heterocycles. The van der Waals surface area contributed by atoms with Crippen molar-refractivity contribution in [2.24, 2.45) is 0 Å². The Labute approximate surface area is 233 Å². The van der Waals surface area contributed by atoms with Crippen molar-refractivity contribution in [3.05, 3.63) is 89.2 Å². The lowest BCUT2D eigenvalue weighted by atomic mass is 10.0. The number of anilines is 1. The minimum absolute atomic E-state index is 0.0266. The fourth-order valence-corrected chi connectivity index (χ4v) is 5.18. The van der Waals surface area contributed by atoms with E-state index in [1.165, 1.54) is 5.56 Å². The minimum Gasteiger partial charge on any atom is -0.484 e. The lowest BCUT2D eigenvalue weighted by Crippen LogP contribution is -2.38. The SMILES string of the molecule is O=C(COc1ccc(Cl)cc1)NCCCCCc1nc2ccccc2n1CC(=O)N1CCCc2ccccc21. The Morgan fingerprint density at radius 1 is 0.949 bits per heavy atom. The number of nitrogens with one attached hydrogen (secondary N) is 1. The van der Waals surface area contributed by atoms with Crippen LogP contribution in [0.25, 0.3) is 11.0 Å². The summed E-state index contributed by atoms with van der Waals surface area (Å²) in [6, 6.07) is 23.1. The quantitative estimate of drug-likeness (QED) is 0.250. The van der Waals surface area contributed by atoms with Crippen LogP contribution in [0.2, 0.25) is 5.02 Å². The highest BCUT2D eigenvalue weighted by Crippen LogP contribution is 2.27. The number of imidazole rings is 1. The molecule has 7 nitrogen and oxygen atoms in total. The Hall–Kier alpha value is -3.84. The molecule has 0 saturated carbocycles. The van der Waals surface area contributed by atoms with E-state index < -0.39 is 0 Å². The van der Waals surface area contributed by atoms with Crippen molar-refractivity contribution in [2.75, 3.05) is 24.6 Å². The van der Waals surface area contributed by atoms with Gasteiger partial charge in [0, 0.05) is 30.2 Å². The molecule has 0 aliphatic carbocycles. The number of carbonyl (C=O) groups is 2. The van der Waals surface area contributed by atoms with E-state index >= 15 is 0 Å². The number of carbonyl (C=O) groups excluding carboxylic acids is 2. The first-order valence-corrected chi connectivity index (χ1v) is 13.9. The molecule has 1 aliphatic rings. The number of unbranched alkanes of at least 4 members (excludes halogenated alkanes) is 2. The summed E-state index contributed by atoms with van der Waals surface area (Å²) >= 11 is 5.87. The van der Waals surface area contributed by atoms with Crippen LogP contribution in [-0.4, -0.2) is 41.1 Å². The molecule has 0 spiro atoms. The van der Waals surface area contributed by atoms with E-state index in [-0.39, 0.29) is 25.0 Å². The Morgan fingerprint density at radius 3 is 2.62 bits per heavy atom. The van der Waals surface area contributed by atoms with Crippen molar-refractivity contribution in [1.29, 1.82) is 0 Å². The highest BCUT2D eigenvalue weighted by Gasteiger charge is 2.23. The molecule has 2 heterocycles. The van der Waals surface area contributed by atoms with Gasteiger partial charge in [-0.15, -0.1) is 0 Å². The molecular weight excluding hydrogens is 512 g/mol. The first-order valence-electron chi connectivity index (χ1n) is 13.6. The molecular formula is C31H33ClN4O3. The number of fused-ring (bicyclic) bond motifs is 2. The maximum absolute atomic E-state index is 13.5. The molecule has 5 rings (SSSR count). The van der Waals surface area contributed by atoms with Gasteiger partial charge in [0.2, 0.25) is 5.91 Å². The third-order valence-electron chi connectivity index (χ3n) is 7.02. The number of amides is 2. The normalized spacial score (nSPS) is 12.8. The van der Waals surface area contributed by atoms with Gasteiger partial charge in [0.25, 0.3) is 5.91 Å². The van der Waals surface area contributed by atoms with E-state index in [2.05, 4.69) is 16.0 Å². The second-order valence-corrected chi connectivity index (χ2v) is 10.2. The molecule has 0 radical (unpaired) electrons. The van der Waals surface area contributed by atoms with Crippen LogP contribution in [0.1, 0.15) is 37.1 Å². The maximum atomic E-state index is 13.5. The fraction of sp³-hybridized carbons (Fsp3) is 0.323. The summed E-state index contributed by atoms with van der Waals surface area (Å²) in [6.07, 6.45) is 5.47. The van der Waals surface area contributed by atoms with Gasteiger partial charge in [0.05, 0.1) is 11.0 Å². The number of hydrogen-bond acceptors (Lipinski definition) is 4. The van der Waals surface area contributed by atoms with Crippen molar-refractivity contribution < 1.29 is 14.3 Å². The van der Waals surface area contributed by atoms with Crippen LogP contribution in [0.4, 0.5) is 5.69 Å². The van der Waals surface area contributed by atoms with Crippen LogP contribution in [-0.2, 0) is 29.0 Å². The number of benzene rings is 3. The number of ether oxygens (including phenoxy) is 1. The molecule has 1 N–H and O–H groups in total. The van der Waals surface area contributed by atoms with Crippen molar-refractivity contribution >= 4 is 40.1 Å². The molecule has 0 fully saturated rings. The van der Waals surface area contributed by atoms with E-state index in [1.54, 1.807) is 24.3 Å². The molecule has 0 atom stereocenters. The summed E-state index contributed by atoms with van der Waals surface area (Å²) in [4.78, 5) is 32.3. The second kappa shape index (κ2) is 12.8. The number of hydrogen-bond donors (Lipinski definition) is 1. The zero-order chi connectivity index (χ0) is 27.0. The molecule has 0 bridgehead atoms. The third kappa shape index (κ3) is 6.79. The van der Waals surface area contributed by atoms with E-state index in [1.807, 2.05) is 47.4 Å². The Kier molecular flexibility index (Phi) is 8.78. The van der Waals surface area contributed by atoms with E-state index in [0.717, 1.165) is 67.6 Å². The van der Waals surface area contributed by atoms with E-state index in [4.69, 9.17) is 21.3 Å². The molecule has 1 aromatic heterocycles. The number of aromatic nitrogens is 2. The van der Waals surface area contributed by atoms with Crippen molar-refractivity contribution in [3.63, 3.8) is 0 Å². The molecule has 4 aromatic rings. The molecule has 3 aromatic carbocycles. The Balaban J connectivity index is 1.12. The van der Waals surface area contributed by atoms with Gasteiger partial charge in [0.15, 0.2) is 6.61 Å². The van der Waals surface area contributed by atoms with E-state index in [9.17, 15) is 9.59 Å². The smallest absolute Gasteiger partial charge is 0.257 e. The first kappa shape index (κ1) is 26.8. The standard InChI is InChI=1S/C31H33ClN4O3/c32-24-15-17-25(18-16-24)39-22-30(37)33-19-7-1-2-14-29-34-26-11-4-6-13-28(26)36(29)21-31(38)35-20-8-10-23-9-3-5-12-27(23)35/h3-6,9,11-13,15-18H,1-2,7-8,10,14,19-22H2,(H,33,37). The van der Waals surface area contributed by atoms with Crippen molar-refractivity contribution in [1.82, 2.24) is 14.9 Å². The zero-order valence-corrected chi connectivity index (χ0v) is 22.7. The summed E-state index contributed by atoms with van der Waals surface area (Å²) in [5.41, 5.74) is 4.16. The predicted octanol–water partition coefficient (Wildman–Crippen LogP) is 5.58. The third-order valence-corrected chi connectivity index (χ3v) is 7.27. The van der Waals surface area contributed by atoms with Gasteiger partial charge >= 0.3 is 0 Å². The number of nitrogens with zero attached hydrogens (tertiary/aromatic N) is 3. The maximum Gasteiger partial charge on any atom is 0.257 e. The van der Waals surface area contributed by atoms with Crippen LogP contribution in [0.3, 0.4) is 0 Å². The second-order valence-electron chi connectivity index (χ2n) is 9.78. The molecule has 8 heteroatoms.